The molecule has 0 aliphatic carbocycles. The first-order valence-electron chi connectivity index (χ1n) is 4.78. The molecule has 0 aromatic heterocycles. The Balaban J connectivity index is 2.51. The predicted molar refractivity (Wildman–Crippen MR) is 52.7 cm³/mol. The van der Waals surface area contributed by atoms with Crippen molar-refractivity contribution in [2.75, 3.05) is 20.2 Å². The highest BCUT2D eigenvalue weighted by Gasteiger charge is 2.39. The van der Waals surface area contributed by atoms with Crippen LogP contribution in [0.2, 0.25) is 0 Å². The molecule has 0 aromatic rings. The Hall–Kier alpha value is -1.79. The number of nitrogens with one attached hydrogen (secondary N) is 1. The molecule has 7 nitrogen and oxygen atoms in total. The molecular formula is C9H14N2O5. The van der Waals surface area contributed by atoms with Crippen LogP contribution in [0.15, 0.2) is 0 Å². The summed E-state index contributed by atoms with van der Waals surface area (Å²) in [6.07, 6.45) is -0.784. The number of aliphatic carboxylic acids is 1. The topological polar surface area (TPSA) is 95.9 Å². The monoisotopic (exact) mass is 230 g/mol. The summed E-state index contributed by atoms with van der Waals surface area (Å²) in [7, 11) is 1.16. The van der Waals surface area contributed by atoms with E-state index in [1.54, 1.807) is 0 Å². The van der Waals surface area contributed by atoms with Crippen LogP contribution in [0.25, 0.3) is 0 Å². The van der Waals surface area contributed by atoms with E-state index in [2.05, 4.69) is 10.1 Å². The third kappa shape index (κ3) is 2.62. The number of carbonyl (C=O) groups excluding carboxylic acids is 2. The predicted octanol–water partition coefficient (Wildman–Crippen LogP) is -0.726. The summed E-state index contributed by atoms with van der Waals surface area (Å²) >= 11 is 0. The number of hydrogen-bond acceptors (Lipinski definition) is 4. The van der Waals surface area contributed by atoms with Gasteiger partial charge < -0.3 is 20.1 Å². The van der Waals surface area contributed by atoms with Gasteiger partial charge in [0.1, 0.15) is 6.04 Å². The number of amides is 2. The third-order valence-corrected chi connectivity index (χ3v) is 2.55. The summed E-state index contributed by atoms with van der Waals surface area (Å²) in [5.74, 6) is -1.49. The van der Waals surface area contributed by atoms with Gasteiger partial charge in [-0.3, -0.25) is 4.79 Å². The SMILES string of the molecule is COC(=O)NC(C(=O)O)C1CN(C(C)=O)C1. The molecule has 2 amide bonds. The summed E-state index contributed by atoms with van der Waals surface area (Å²) in [5, 5.41) is 11.1. The van der Waals surface area contributed by atoms with Gasteiger partial charge in [0.25, 0.3) is 0 Å². The average Bonchev–Trinajstić information content (AvgIpc) is 2.12. The number of hydrogen-bond donors (Lipinski definition) is 2. The van der Waals surface area contributed by atoms with Crippen LogP contribution in [0.3, 0.4) is 0 Å². The number of likely N-dealkylation sites (tertiary alicyclic amines) is 1. The van der Waals surface area contributed by atoms with Crippen molar-refractivity contribution in [3.05, 3.63) is 0 Å². The Bertz CT molecular complexity index is 311. The highest BCUT2D eigenvalue weighted by Crippen LogP contribution is 2.19. The maximum atomic E-state index is 10.9. The smallest absolute Gasteiger partial charge is 0.407 e. The summed E-state index contributed by atoms with van der Waals surface area (Å²) < 4.78 is 4.33. The van der Waals surface area contributed by atoms with Crippen molar-refractivity contribution < 1.29 is 24.2 Å². The Morgan fingerprint density at radius 2 is 2.00 bits per heavy atom. The molecule has 0 spiro atoms. The number of carboxylic acid groups (broad SMARTS) is 1. The summed E-state index contributed by atoms with van der Waals surface area (Å²) in [5.41, 5.74) is 0. The van der Waals surface area contributed by atoms with Crippen LogP contribution in [-0.2, 0) is 14.3 Å². The van der Waals surface area contributed by atoms with Gasteiger partial charge in [0.2, 0.25) is 5.91 Å². The van der Waals surface area contributed by atoms with Gasteiger partial charge in [-0.25, -0.2) is 9.59 Å². The number of ether oxygens (including phenoxy) is 1. The zero-order chi connectivity index (χ0) is 12.3. The maximum Gasteiger partial charge on any atom is 0.407 e. The van der Waals surface area contributed by atoms with Crippen LogP contribution in [0.4, 0.5) is 4.79 Å². The molecule has 0 bridgehead atoms. The fourth-order valence-electron chi connectivity index (χ4n) is 1.55. The van der Waals surface area contributed by atoms with Crippen LogP contribution in [0.5, 0.6) is 0 Å². The van der Waals surface area contributed by atoms with Gasteiger partial charge in [0.15, 0.2) is 0 Å². The lowest BCUT2D eigenvalue weighted by Gasteiger charge is -2.41. The highest BCUT2D eigenvalue weighted by atomic mass is 16.5. The molecule has 16 heavy (non-hydrogen) atoms. The van der Waals surface area contributed by atoms with Crippen LogP contribution in [0.1, 0.15) is 6.92 Å². The molecule has 1 unspecified atom stereocenters. The largest absolute Gasteiger partial charge is 0.480 e. The number of methoxy groups -OCH3 is 1. The number of nitrogens with zero attached hydrogens (tertiary/aromatic N) is 1. The Labute approximate surface area is 92.4 Å². The van der Waals surface area contributed by atoms with E-state index in [-0.39, 0.29) is 11.8 Å². The lowest BCUT2D eigenvalue weighted by molar-refractivity contribution is -0.147. The minimum atomic E-state index is -1.13. The lowest BCUT2D eigenvalue weighted by Crippen LogP contribution is -2.60. The Kier molecular flexibility index (Phi) is 3.70. The molecule has 7 heteroatoms. The molecule has 1 fully saturated rings. The molecule has 2 N–H and O–H groups in total. The van der Waals surface area contributed by atoms with E-state index < -0.39 is 18.1 Å². The molecule has 1 heterocycles. The van der Waals surface area contributed by atoms with Crippen molar-refractivity contribution in [3.8, 4) is 0 Å². The van der Waals surface area contributed by atoms with Crippen molar-refractivity contribution in [2.45, 2.75) is 13.0 Å². The van der Waals surface area contributed by atoms with Gasteiger partial charge in [0.05, 0.1) is 7.11 Å². The molecule has 1 atom stereocenters. The molecule has 1 aliphatic rings. The van der Waals surface area contributed by atoms with E-state index in [4.69, 9.17) is 5.11 Å². The van der Waals surface area contributed by atoms with E-state index >= 15 is 0 Å². The first-order chi connectivity index (χ1) is 7.45. The van der Waals surface area contributed by atoms with E-state index in [1.807, 2.05) is 0 Å². The van der Waals surface area contributed by atoms with Gasteiger partial charge in [-0.15, -0.1) is 0 Å². The minimum absolute atomic E-state index is 0.0987. The molecule has 1 aliphatic heterocycles. The number of rotatable bonds is 3. The van der Waals surface area contributed by atoms with Crippen LogP contribution < -0.4 is 5.32 Å². The second kappa shape index (κ2) is 4.82. The third-order valence-electron chi connectivity index (χ3n) is 2.55. The second-order valence-electron chi connectivity index (χ2n) is 3.64. The first-order valence-corrected chi connectivity index (χ1v) is 4.78. The molecule has 0 radical (unpaired) electrons. The molecule has 0 saturated carbocycles. The molecule has 1 rings (SSSR count). The van der Waals surface area contributed by atoms with E-state index in [1.165, 1.54) is 11.8 Å². The lowest BCUT2D eigenvalue weighted by atomic mass is 9.91. The van der Waals surface area contributed by atoms with Gasteiger partial charge in [-0.2, -0.15) is 0 Å². The quantitative estimate of drug-likeness (QED) is 0.666. The second-order valence-corrected chi connectivity index (χ2v) is 3.64. The van der Waals surface area contributed by atoms with Crippen LogP contribution in [0, 0.1) is 5.92 Å². The fraction of sp³-hybridized carbons (Fsp3) is 0.667. The summed E-state index contributed by atoms with van der Waals surface area (Å²) in [4.78, 5) is 34.2. The van der Waals surface area contributed by atoms with Gasteiger partial charge >= 0.3 is 12.1 Å². The van der Waals surface area contributed by atoms with Gasteiger partial charge in [-0.05, 0) is 0 Å². The van der Waals surface area contributed by atoms with Crippen molar-refractivity contribution >= 4 is 18.0 Å². The Morgan fingerprint density at radius 3 is 2.38 bits per heavy atom. The molecule has 1 saturated heterocycles. The molecular weight excluding hydrogens is 216 g/mol. The zero-order valence-electron chi connectivity index (χ0n) is 9.10. The number of alkyl carbamates (subject to hydrolysis) is 1. The minimum Gasteiger partial charge on any atom is -0.480 e. The standard InChI is InChI=1S/C9H14N2O5/c1-5(12)11-3-6(4-11)7(8(13)14)10-9(15)16-2/h6-7H,3-4H2,1-2H3,(H,10,15)(H,13,14). The fourth-order valence-corrected chi connectivity index (χ4v) is 1.55. The summed E-state index contributed by atoms with van der Waals surface area (Å²) in [6, 6.07) is -1.01. The number of carboxylic acids is 1. The van der Waals surface area contributed by atoms with Crippen molar-refractivity contribution in [1.82, 2.24) is 10.2 Å². The zero-order valence-corrected chi connectivity index (χ0v) is 9.10. The molecule has 0 aromatic carbocycles. The van der Waals surface area contributed by atoms with Crippen molar-refractivity contribution in [1.29, 1.82) is 0 Å². The average molecular weight is 230 g/mol. The summed E-state index contributed by atoms with van der Waals surface area (Å²) in [6.45, 7) is 2.10. The van der Waals surface area contributed by atoms with Crippen molar-refractivity contribution in [3.63, 3.8) is 0 Å². The van der Waals surface area contributed by atoms with Crippen LogP contribution >= 0.6 is 0 Å². The van der Waals surface area contributed by atoms with Crippen LogP contribution in [-0.4, -0.2) is 54.2 Å². The normalized spacial score (nSPS) is 17.2. The highest BCUT2D eigenvalue weighted by molar-refractivity contribution is 5.81. The van der Waals surface area contributed by atoms with E-state index in [0.29, 0.717) is 13.1 Å². The van der Waals surface area contributed by atoms with E-state index in [9.17, 15) is 14.4 Å². The van der Waals surface area contributed by atoms with E-state index in [0.717, 1.165) is 7.11 Å². The first kappa shape index (κ1) is 12.3. The van der Waals surface area contributed by atoms with Gasteiger partial charge in [0, 0.05) is 25.9 Å². The van der Waals surface area contributed by atoms with Gasteiger partial charge in [-0.1, -0.05) is 0 Å². The maximum absolute atomic E-state index is 10.9. The Morgan fingerprint density at radius 1 is 1.44 bits per heavy atom. The van der Waals surface area contributed by atoms with Crippen molar-refractivity contribution in [2.24, 2.45) is 5.92 Å². The number of carbonyl (C=O) groups is 3. The molecule has 90 valence electrons.